The molecule has 1 rings (SSSR count). The topological polar surface area (TPSA) is 89.0 Å². The Kier molecular flexibility index (Phi) is 4.71. The Hall–Kier alpha value is -1.82. The molecule has 94 valence electrons. The van der Waals surface area contributed by atoms with Crippen LogP contribution in [0, 0.1) is 12.1 Å². The lowest BCUT2D eigenvalue weighted by atomic mass is 10.1. The van der Waals surface area contributed by atoms with E-state index in [1.165, 1.54) is 19.3 Å². The van der Waals surface area contributed by atoms with Crippen molar-refractivity contribution in [2.45, 2.75) is 26.9 Å². The predicted molar refractivity (Wildman–Crippen MR) is 61.6 cm³/mol. The summed E-state index contributed by atoms with van der Waals surface area (Å²) in [7, 11) is 0. The summed E-state index contributed by atoms with van der Waals surface area (Å²) in [6, 6.07) is 0. The van der Waals surface area contributed by atoms with Gasteiger partial charge in [0.25, 0.3) is 0 Å². The number of aliphatic hydroxyl groups excluding tert-OH is 1. The Morgan fingerprint density at radius 1 is 1.59 bits per heavy atom. The van der Waals surface area contributed by atoms with Crippen molar-refractivity contribution in [2.24, 2.45) is 5.16 Å². The molecule has 0 saturated carbocycles. The normalized spacial score (nSPS) is 11.0. The average molecular weight is 240 g/mol. The minimum absolute atomic E-state index is 0.152. The highest BCUT2D eigenvalue weighted by Crippen LogP contribution is 2.20. The minimum Gasteiger partial charge on any atom is -0.618 e. The molecule has 0 saturated heterocycles. The van der Waals surface area contributed by atoms with Gasteiger partial charge in [-0.2, -0.15) is 4.73 Å². The van der Waals surface area contributed by atoms with Crippen LogP contribution in [0.25, 0.3) is 0 Å². The van der Waals surface area contributed by atoms with E-state index in [1.807, 2.05) is 6.92 Å². The fraction of sp³-hybridized carbons (Fsp3) is 0.455. The van der Waals surface area contributed by atoms with Crippen molar-refractivity contribution in [3.8, 4) is 5.75 Å². The van der Waals surface area contributed by atoms with Crippen LogP contribution < -0.4 is 4.73 Å². The van der Waals surface area contributed by atoms with E-state index in [4.69, 9.17) is 9.94 Å². The smallest absolute Gasteiger partial charge is 0.232 e. The average Bonchev–Trinajstić information content (AvgIpc) is 2.33. The molecule has 1 aromatic heterocycles. The first kappa shape index (κ1) is 13.2. The first-order valence-corrected chi connectivity index (χ1v) is 5.32. The predicted octanol–water partition coefficient (Wildman–Crippen LogP) is 0.587. The lowest BCUT2D eigenvalue weighted by Crippen LogP contribution is -2.31. The van der Waals surface area contributed by atoms with Crippen molar-refractivity contribution in [1.29, 1.82) is 0 Å². The number of aromatic nitrogens is 1. The molecule has 0 fully saturated rings. The van der Waals surface area contributed by atoms with E-state index in [-0.39, 0.29) is 18.1 Å². The van der Waals surface area contributed by atoms with Crippen LogP contribution in [0.15, 0.2) is 11.4 Å². The fourth-order valence-corrected chi connectivity index (χ4v) is 1.26. The maximum atomic E-state index is 11.3. The van der Waals surface area contributed by atoms with Gasteiger partial charge in [0.15, 0.2) is 11.9 Å². The van der Waals surface area contributed by atoms with Crippen LogP contribution in [0.3, 0.4) is 0 Å². The molecule has 0 radical (unpaired) electrons. The highest BCUT2D eigenvalue weighted by atomic mass is 16.6. The van der Waals surface area contributed by atoms with Crippen LogP contribution in [0.2, 0.25) is 0 Å². The summed E-state index contributed by atoms with van der Waals surface area (Å²) in [6.45, 7) is 3.54. The third-order valence-electron chi connectivity index (χ3n) is 2.27. The summed E-state index contributed by atoms with van der Waals surface area (Å²) >= 11 is 0. The van der Waals surface area contributed by atoms with Crippen LogP contribution in [0.1, 0.15) is 30.2 Å². The quantitative estimate of drug-likeness (QED) is 0.259. The van der Waals surface area contributed by atoms with Gasteiger partial charge >= 0.3 is 0 Å². The van der Waals surface area contributed by atoms with E-state index < -0.39 is 0 Å². The molecule has 6 nitrogen and oxygen atoms in total. The Bertz CT molecular complexity index is 418. The molecular formula is C11H16N2O4. The zero-order valence-corrected chi connectivity index (χ0v) is 9.88. The van der Waals surface area contributed by atoms with Gasteiger partial charge in [0.05, 0.1) is 23.9 Å². The van der Waals surface area contributed by atoms with Crippen LogP contribution in [0.4, 0.5) is 0 Å². The number of aliphatic hydroxyl groups is 1. The summed E-state index contributed by atoms with van der Waals surface area (Å²) in [4.78, 5) is 4.90. The number of aromatic hydroxyl groups is 1. The number of nitrogens with zero attached hydrogens (tertiary/aromatic N) is 2. The van der Waals surface area contributed by atoms with Gasteiger partial charge < -0.3 is 20.3 Å². The molecule has 0 spiro atoms. The highest BCUT2D eigenvalue weighted by Gasteiger charge is 2.16. The van der Waals surface area contributed by atoms with Crippen LogP contribution in [-0.2, 0) is 11.4 Å². The summed E-state index contributed by atoms with van der Waals surface area (Å²) in [5, 5.41) is 33.8. The van der Waals surface area contributed by atoms with Crippen molar-refractivity contribution in [3.05, 3.63) is 28.2 Å². The van der Waals surface area contributed by atoms with E-state index in [0.29, 0.717) is 22.5 Å². The number of pyridine rings is 1. The van der Waals surface area contributed by atoms with Gasteiger partial charge in [-0.05, 0) is 6.42 Å². The maximum Gasteiger partial charge on any atom is 0.232 e. The molecule has 6 heteroatoms. The molecule has 0 amide bonds. The number of hydrogen-bond acceptors (Lipinski definition) is 5. The van der Waals surface area contributed by atoms with E-state index in [2.05, 4.69) is 5.16 Å². The Labute approximate surface area is 99.4 Å². The first-order chi connectivity index (χ1) is 8.11. The lowest BCUT2D eigenvalue weighted by molar-refractivity contribution is -0.613. The largest absolute Gasteiger partial charge is 0.618 e. The standard InChI is InChI=1S/C11H16N2O4/c1-3-4-17-12-5-10-9(7-14)6-13(16)8(2)11(10)15/h5-6,14-15H,3-4,7H2,1-2H3/b12-5+. The number of hydrogen-bond donors (Lipinski definition) is 2. The van der Waals surface area contributed by atoms with Crippen LogP contribution in [0.5, 0.6) is 5.75 Å². The number of oxime groups is 1. The molecule has 0 aliphatic carbocycles. The zero-order valence-electron chi connectivity index (χ0n) is 9.88. The first-order valence-electron chi connectivity index (χ1n) is 5.32. The lowest BCUT2D eigenvalue weighted by Gasteiger charge is -2.08. The summed E-state index contributed by atoms with van der Waals surface area (Å²) in [5.74, 6) is -0.199. The van der Waals surface area contributed by atoms with Gasteiger partial charge in [0.2, 0.25) is 5.69 Å². The molecule has 1 heterocycles. The second kappa shape index (κ2) is 6.05. The number of rotatable bonds is 5. The second-order valence-electron chi connectivity index (χ2n) is 3.55. The molecule has 2 N–H and O–H groups in total. The summed E-state index contributed by atoms with van der Waals surface area (Å²) < 4.78 is 0.505. The Morgan fingerprint density at radius 3 is 2.88 bits per heavy atom. The van der Waals surface area contributed by atoms with Gasteiger partial charge in [-0.25, -0.2) is 0 Å². The Morgan fingerprint density at radius 2 is 2.29 bits per heavy atom. The summed E-state index contributed by atoms with van der Waals surface area (Å²) in [6.07, 6.45) is 3.32. The van der Waals surface area contributed by atoms with Crippen molar-refractivity contribution < 1.29 is 19.8 Å². The SMILES string of the molecule is CCCO/N=C/c1c(CO)c[n+]([O-])c(C)c1O. The van der Waals surface area contributed by atoms with Crippen LogP contribution >= 0.6 is 0 Å². The van der Waals surface area contributed by atoms with Gasteiger partial charge in [-0.15, -0.1) is 0 Å². The fourth-order valence-electron chi connectivity index (χ4n) is 1.26. The van der Waals surface area contributed by atoms with E-state index in [0.717, 1.165) is 6.42 Å². The van der Waals surface area contributed by atoms with Gasteiger partial charge in [-0.1, -0.05) is 12.1 Å². The molecule has 0 atom stereocenters. The molecule has 0 aromatic carbocycles. The zero-order chi connectivity index (χ0) is 12.8. The second-order valence-corrected chi connectivity index (χ2v) is 3.55. The maximum absolute atomic E-state index is 11.3. The third kappa shape index (κ3) is 3.07. The van der Waals surface area contributed by atoms with E-state index in [9.17, 15) is 10.3 Å². The highest BCUT2D eigenvalue weighted by molar-refractivity contribution is 5.84. The molecule has 0 unspecified atom stereocenters. The molecule has 17 heavy (non-hydrogen) atoms. The van der Waals surface area contributed by atoms with Crippen LogP contribution in [-0.4, -0.2) is 23.0 Å². The monoisotopic (exact) mass is 240 g/mol. The molecule has 0 aliphatic heterocycles. The van der Waals surface area contributed by atoms with Gasteiger partial charge in [0, 0.05) is 6.92 Å². The van der Waals surface area contributed by atoms with Gasteiger partial charge in [0.1, 0.15) is 6.61 Å². The van der Waals surface area contributed by atoms with Crippen molar-refractivity contribution in [1.82, 2.24) is 0 Å². The summed E-state index contributed by atoms with van der Waals surface area (Å²) in [5.41, 5.74) is 0.749. The van der Waals surface area contributed by atoms with E-state index >= 15 is 0 Å². The molecule has 1 aromatic rings. The minimum atomic E-state index is -0.356. The van der Waals surface area contributed by atoms with Crippen molar-refractivity contribution in [2.75, 3.05) is 6.61 Å². The third-order valence-corrected chi connectivity index (χ3v) is 2.27. The van der Waals surface area contributed by atoms with Gasteiger partial charge in [-0.3, -0.25) is 0 Å². The Balaban J connectivity index is 3.04. The van der Waals surface area contributed by atoms with Crippen molar-refractivity contribution >= 4 is 6.21 Å². The molecule has 0 bridgehead atoms. The molecule has 0 aliphatic rings. The van der Waals surface area contributed by atoms with Crippen molar-refractivity contribution in [3.63, 3.8) is 0 Å². The molecular weight excluding hydrogens is 224 g/mol. The van der Waals surface area contributed by atoms with E-state index in [1.54, 1.807) is 0 Å².